The minimum Gasteiger partial charge on any atom is -0.502 e. The highest BCUT2D eigenvalue weighted by Crippen LogP contribution is 2.22. The summed E-state index contributed by atoms with van der Waals surface area (Å²) in [5.74, 6) is 5.65. The molecule has 7 heteroatoms. The fraction of sp³-hybridized carbons (Fsp3) is 0.308. The van der Waals surface area contributed by atoms with Crippen molar-refractivity contribution in [1.82, 2.24) is 15.3 Å². The molecule has 0 amide bonds. The first-order chi connectivity index (χ1) is 16.1. The standard InChI is InChI=1S/C26H27N3O4/c30-15-22(13-24-25(31)26(32)29-17-28-24)21-9-7-19(8-10-21)2-1-18-3-5-20(6-4-18)14-27-23-11-12-33-16-23/h3-10,17,22-23,27,30-31H,11-16H2,(H,28,29,32). The summed E-state index contributed by atoms with van der Waals surface area (Å²) < 4.78 is 5.38. The van der Waals surface area contributed by atoms with E-state index in [1.807, 2.05) is 36.4 Å². The van der Waals surface area contributed by atoms with Gasteiger partial charge < -0.3 is 25.3 Å². The van der Waals surface area contributed by atoms with Crippen LogP contribution in [-0.4, -0.2) is 46.0 Å². The third-order valence-corrected chi connectivity index (χ3v) is 5.78. The summed E-state index contributed by atoms with van der Waals surface area (Å²) >= 11 is 0. The van der Waals surface area contributed by atoms with E-state index in [0.717, 1.165) is 42.9 Å². The molecule has 7 nitrogen and oxygen atoms in total. The van der Waals surface area contributed by atoms with Crippen LogP contribution in [0.3, 0.4) is 0 Å². The maximum absolute atomic E-state index is 11.6. The summed E-state index contributed by atoms with van der Waals surface area (Å²) in [4.78, 5) is 17.9. The van der Waals surface area contributed by atoms with Crippen molar-refractivity contribution in [2.24, 2.45) is 0 Å². The van der Waals surface area contributed by atoms with Gasteiger partial charge in [-0.2, -0.15) is 0 Å². The van der Waals surface area contributed by atoms with Crippen LogP contribution in [0, 0.1) is 11.8 Å². The SMILES string of the molecule is O=c1[nH]cnc(CC(CO)c2ccc(C#Cc3ccc(CNC4CCOC4)cc3)cc2)c1O. The molecule has 2 unspecified atom stereocenters. The predicted molar refractivity (Wildman–Crippen MR) is 125 cm³/mol. The van der Waals surface area contributed by atoms with Crippen molar-refractivity contribution >= 4 is 0 Å². The normalized spacial score (nSPS) is 16.2. The number of hydrogen-bond donors (Lipinski definition) is 4. The van der Waals surface area contributed by atoms with Crippen LogP contribution in [0.25, 0.3) is 0 Å². The monoisotopic (exact) mass is 445 g/mol. The average Bonchev–Trinajstić information content (AvgIpc) is 3.37. The Morgan fingerprint density at radius 1 is 1.12 bits per heavy atom. The summed E-state index contributed by atoms with van der Waals surface area (Å²) in [7, 11) is 0. The first-order valence-electron chi connectivity index (χ1n) is 11.0. The number of aromatic amines is 1. The number of aromatic hydroxyl groups is 1. The lowest BCUT2D eigenvalue weighted by Crippen LogP contribution is -2.28. The van der Waals surface area contributed by atoms with E-state index in [4.69, 9.17) is 4.74 Å². The van der Waals surface area contributed by atoms with E-state index in [1.165, 1.54) is 11.9 Å². The number of rotatable bonds is 7. The van der Waals surface area contributed by atoms with Crippen LogP contribution in [0.4, 0.5) is 0 Å². The van der Waals surface area contributed by atoms with Gasteiger partial charge in [0, 0.05) is 42.7 Å². The lowest BCUT2D eigenvalue weighted by molar-refractivity contribution is 0.190. The lowest BCUT2D eigenvalue weighted by Gasteiger charge is -2.14. The van der Waals surface area contributed by atoms with Gasteiger partial charge in [0.05, 0.1) is 25.2 Å². The van der Waals surface area contributed by atoms with E-state index in [9.17, 15) is 15.0 Å². The maximum atomic E-state index is 11.6. The van der Waals surface area contributed by atoms with E-state index in [0.29, 0.717) is 6.04 Å². The molecule has 1 saturated heterocycles. The third kappa shape index (κ3) is 6.08. The molecule has 0 aliphatic carbocycles. The van der Waals surface area contributed by atoms with Gasteiger partial charge in [-0.25, -0.2) is 4.98 Å². The quantitative estimate of drug-likeness (QED) is 0.415. The molecule has 170 valence electrons. The number of hydrogen-bond acceptors (Lipinski definition) is 6. The summed E-state index contributed by atoms with van der Waals surface area (Å²) in [6.07, 6.45) is 2.57. The molecule has 0 spiro atoms. The molecule has 33 heavy (non-hydrogen) atoms. The molecule has 2 atom stereocenters. The summed E-state index contributed by atoms with van der Waals surface area (Å²) in [6, 6.07) is 16.2. The second-order valence-electron chi connectivity index (χ2n) is 8.12. The minimum atomic E-state index is -0.588. The van der Waals surface area contributed by atoms with Crippen LogP contribution in [-0.2, 0) is 17.7 Å². The highest BCUT2D eigenvalue weighted by molar-refractivity contribution is 5.44. The minimum absolute atomic E-state index is 0.131. The van der Waals surface area contributed by atoms with Crippen LogP contribution in [0.2, 0.25) is 0 Å². The van der Waals surface area contributed by atoms with E-state index in [2.05, 4.69) is 39.3 Å². The van der Waals surface area contributed by atoms with Crippen molar-refractivity contribution in [3.63, 3.8) is 0 Å². The molecule has 0 bridgehead atoms. The Kier molecular flexibility index (Phi) is 7.53. The summed E-state index contributed by atoms with van der Waals surface area (Å²) in [6.45, 7) is 2.31. The zero-order valence-electron chi connectivity index (χ0n) is 18.3. The van der Waals surface area contributed by atoms with Gasteiger partial charge in [0.15, 0.2) is 0 Å². The highest BCUT2D eigenvalue weighted by atomic mass is 16.5. The van der Waals surface area contributed by atoms with E-state index < -0.39 is 11.3 Å². The van der Waals surface area contributed by atoms with Crippen LogP contribution >= 0.6 is 0 Å². The fourth-order valence-electron chi connectivity index (χ4n) is 3.75. The largest absolute Gasteiger partial charge is 0.502 e. The fourth-order valence-corrected chi connectivity index (χ4v) is 3.75. The van der Waals surface area contributed by atoms with Gasteiger partial charge in [-0.15, -0.1) is 0 Å². The number of H-pyrrole nitrogens is 1. The Labute approximate surface area is 192 Å². The van der Waals surface area contributed by atoms with Crippen molar-refractivity contribution < 1.29 is 14.9 Å². The molecule has 2 aromatic carbocycles. The molecule has 0 saturated carbocycles. The average molecular weight is 446 g/mol. The van der Waals surface area contributed by atoms with Crippen molar-refractivity contribution in [2.75, 3.05) is 19.8 Å². The third-order valence-electron chi connectivity index (χ3n) is 5.78. The number of aromatic nitrogens is 2. The van der Waals surface area contributed by atoms with Crippen molar-refractivity contribution in [3.05, 3.63) is 93.2 Å². The molecular formula is C26H27N3O4. The first-order valence-corrected chi connectivity index (χ1v) is 11.0. The van der Waals surface area contributed by atoms with Gasteiger partial charge in [-0.05, 0) is 41.8 Å². The van der Waals surface area contributed by atoms with Gasteiger partial charge >= 0.3 is 0 Å². The van der Waals surface area contributed by atoms with Crippen molar-refractivity contribution in [2.45, 2.75) is 31.3 Å². The number of aliphatic hydroxyl groups excluding tert-OH is 1. The van der Waals surface area contributed by atoms with E-state index in [1.54, 1.807) is 0 Å². The van der Waals surface area contributed by atoms with Crippen LogP contribution in [0.15, 0.2) is 59.7 Å². The summed E-state index contributed by atoms with van der Waals surface area (Å²) in [5.41, 5.74) is 3.57. The molecule has 1 aromatic heterocycles. The first kappa shape index (κ1) is 22.7. The zero-order chi connectivity index (χ0) is 23.0. The van der Waals surface area contributed by atoms with Gasteiger partial charge in [0.25, 0.3) is 5.56 Å². The van der Waals surface area contributed by atoms with Gasteiger partial charge in [0.1, 0.15) is 0 Å². The van der Waals surface area contributed by atoms with E-state index in [-0.39, 0.29) is 24.6 Å². The molecule has 4 rings (SSSR count). The number of benzene rings is 2. The summed E-state index contributed by atoms with van der Waals surface area (Å²) in [5, 5.41) is 23.2. The maximum Gasteiger partial charge on any atom is 0.293 e. The highest BCUT2D eigenvalue weighted by Gasteiger charge is 2.16. The Hall–Kier alpha value is -3.44. The number of nitrogens with one attached hydrogen (secondary N) is 2. The van der Waals surface area contributed by atoms with Gasteiger partial charge in [-0.1, -0.05) is 36.1 Å². The Morgan fingerprint density at radius 2 is 1.82 bits per heavy atom. The second-order valence-corrected chi connectivity index (χ2v) is 8.12. The van der Waals surface area contributed by atoms with Crippen molar-refractivity contribution in [3.8, 4) is 17.6 Å². The van der Waals surface area contributed by atoms with E-state index >= 15 is 0 Å². The molecule has 2 heterocycles. The molecule has 1 aliphatic heterocycles. The Balaban J connectivity index is 1.37. The molecule has 1 fully saturated rings. The topological polar surface area (TPSA) is 107 Å². The van der Waals surface area contributed by atoms with Crippen LogP contribution in [0.5, 0.6) is 5.75 Å². The predicted octanol–water partition coefficient (Wildman–Crippen LogP) is 2.07. The number of aliphatic hydroxyl groups is 1. The Morgan fingerprint density at radius 3 is 2.45 bits per heavy atom. The molecule has 4 N–H and O–H groups in total. The van der Waals surface area contributed by atoms with Crippen LogP contribution in [0.1, 0.15) is 40.3 Å². The van der Waals surface area contributed by atoms with Gasteiger partial charge in [0.2, 0.25) is 5.75 Å². The smallest absolute Gasteiger partial charge is 0.293 e. The lowest BCUT2D eigenvalue weighted by atomic mass is 9.94. The Bertz CT molecular complexity index is 1170. The number of nitrogens with zero attached hydrogens (tertiary/aromatic N) is 1. The zero-order valence-corrected chi connectivity index (χ0v) is 18.3. The molecule has 3 aromatic rings. The molecule has 0 radical (unpaired) electrons. The van der Waals surface area contributed by atoms with Crippen LogP contribution < -0.4 is 10.9 Å². The van der Waals surface area contributed by atoms with Gasteiger partial charge in [-0.3, -0.25) is 4.79 Å². The molecular weight excluding hydrogens is 418 g/mol. The van der Waals surface area contributed by atoms with Crippen molar-refractivity contribution in [1.29, 1.82) is 0 Å². The second kappa shape index (κ2) is 10.9. The number of ether oxygens (including phenoxy) is 1. The molecule has 1 aliphatic rings.